The smallest absolute Gasteiger partial charge is 0.255 e. The van der Waals surface area contributed by atoms with Gasteiger partial charge in [-0.3, -0.25) is 4.79 Å². The second-order valence-corrected chi connectivity index (χ2v) is 7.80. The van der Waals surface area contributed by atoms with E-state index >= 15 is 0 Å². The van der Waals surface area contributed by atoms with Crippen LogP contribution < -0.4 is 24.4 Å². The summed E-state index contributed by atoms with van der Waals surface area (Å²) in [6.45, 7) is 4.52. The Labute approximate surface area is 177 Å². The van der Waals surface area contributed by atoms with E-state index < -0.39 is 0 Å². The maximum Gasteiger partial charge on any atom is 0.255 e. The zero-order valence-corrected chi connectivity index (χ0v) is 17.8. The highest BCUT2D eigenvalue weighted by atomic mass is 16.5. The van der Waals surface area contributed by atoms with E-state index in [2.05, 4.69) is 28.2 Å². The van der Waals surface area contributed by atoms with Gasteiger partial charge in [0.25, 0.3) is 5.91 Å². The van der Waals surface area contributed by atoms with E-state index in [1.807, 2.05) is 12.1 Å². The van der Waals surface area contributed by atoms with Crippen LogP contribution in [-0.2, 0) is 6.42 Å². The molecule has 2 aliphatic rings. The first kappa shape index (κ1) is 20.3. The monoisotopic (exact) mass is 411 g/mol. The first-order valence-electron chi connectivity index (χ1n) is 10.3. The van der Waals surface area contributed by atoms with Crippen molar-refractivity contribution in [2.75, 3.05) is 59.0 Å². The van der Waals surface area contributed by atoms with Crippen LogP contribution in [0, 0.1) is 0 Å². The highest BCUT2D eigenvalue weighted by Crippen LogP contribution is 2.34. The molecule has 1 fully saturated rings. The van der Waals surface area contributed by atoms with Gasteiger partial charge in [-0.25, -0.2) is 0 Å². The van der Waals surface area contributed by atoms with E-state index in [1.54, 1.807) is 32.4 Å². The molecular formula is C23H29N3O4. The van der Waals surface area contributed by atoms with Gasteiger partial charge in [0.2, 0.25) is 0 Å². The molecule has 0 aliphatic carbocycles. The molecule has 30 heavy (non-hydrogen) atoms. The summed E-state index contributed by atoms with van der Waals surface area (Å²) >= 11 is 0. The van der Waals surface area contributed by atoms with Crippen LogP contribution in [0.3, 0.4) is 0 Å². The molecule has 1 N–H and O–H groups in total. The number of carbonyl (C=O) groups excluding carboxylic acids is 1. The summed E-state index contributed by atoms with van der Waals surface area (Å²) in [5.41, 5.74) is 2.86. The molecule has 0 spiro atoms. The van der Waals surface area contributed by atoms with Crippen LogP contribution in [-0.4, -0.2) is 70.9 Å². The number of nitrogens with one attached hydrogen (secondary N) is 1. The summed E-state index contributed by atoms with van der Waals surface area (Å²) < 4.78 is 16.6. The summed E-state index contributed by atoms with van der Waals surface area (Å²) in [5.74, 6) is 1.87. The number of carbonyl (C=O) groups is 1. The van der Waals surface area contributed by atoms with Crippen molar-refractivity contribution in [2.24, 2.45) is 0 Å². The number of methoxy groups -OCH3 is 2. The van der Waals surface area contributed by atoms with Crippen molar-refractivity contribution in [1.29, 1.82) is 0 Å². The molecule has 0 bridgehead atoms. The van der Waals surface area contributed by atoms with Crippen LogP contribution in [0.15, 0.2) is 36.4 Å². The van der Waals surface area contributed by atoms with E-state index in [0.29, 0.717) is 23.7 Å². The average Bonchev–Trinajstić information content (AvgIpc) is 2.78. The summed E-state index contributed by atoms with van der Waals surface area (Å²) in [6, 6.07) is 11.3. The lowest BCUT2D eigenvalue weighted by atomic mass is 9.99. The van der Waals surface area contributed by atoms with E-state index in [0.717, 1.165) is 38.3 Å². The standard InChI is InChI=1S/C23H29N3O4/c1-25-9-11-26(12-10-25)20-5-4-6-21-19(20)13-16(15-30-21)24-23(27)18-8-7-17(28-2)14-22(18)29-3/h4-8,14,16H,9-13,15H2,1-3H3,(H,24,27)/t16-/m0/s1. The second-order valence-electron chi connectivity index (χ2n) is 7.80. The first-order valence-corrected chi connectivity index (χ1v) is 10.3. The highest BCUT2D eigenvalue weighted by molar-refractivity contribution is 5.97. The van der Waals surface area contributed by atoms with Crippen molar-refractivity contribution in [3.8, 4) is 17.2 Å². The molecule has 0 saturated carbocycles. The van der Waals surface area contributed by atoms with Crippen LogP contribution >= 0.6 is 0 Å². The number of hydrogen-bond acceptors (Lipinski definition) is 6. The molecule has 2 aliphatic heterocycles. The molecule has 2 aromatic rings. The number of hydrogen-bond donors (Lipinski definition) is 1. The van der Waals surface area contributed by atoms with Gasteiger partial charge in [-0.05, 0) is 31.3 Å². The lowest BCUT2D eigenvalue weighted by molar-refractivity contribution is 0.0912. The lowest BCUT2D eigenvalue weighted by Crippen LogP contribution is -2.46. The number of ether oxygens (including phenoxy) is 3. The minimum atomic E-state index is -0.177. The van der Waals surface area contributed by atoms with Crippen molar-refractivity contribution in [3.05, 3.63) is 47.5 Å². The van der Waals surface area contributed by atoms with Gasteiger partial charge >= 0.3 is 0 Å². The average molecular weight is 412 g/mol. The van der Waals surface area contributed by atoms with Gasteiger partial charge in [0.1, 0.15) is 23.9 Å². The van der Waals surface area contributed by atoms with E-state index in [1.165, 1.54) is 11.3 Å². The summed E-state index contributed by atoms with van der Waals surface area (Å²) in [5, 5.41) is 3.11. The molecule has 1 saturated heterocycles. The number of fused-ring (bicyclic) bond motifs is 1. The van der Waals surface area contributed by atoms with Gasteiger partial charge in [-0.15, -0.1) is 0 Å². The molecule has 7 nitrogen and oxygen atoms in total. The van der Waals surface area contributed by atoms with Crippen molar-refractivity contribution in [3.63, 3.8) is 0 Å². The zero-order valence-electron chi connectivity index (χ0n) is 17.8. The van der Waals surface area contributed by atoms with Crippen LogP contribution in [0.1, 0.15) is 15.9 Å². The van der Waals surface area contributed by atoms with E-state index in [-0.39, 0.29) is 11.9 Å². The van der Waals surface area contributed by atoms with Crippen molar-refractivity contribution in [1.82, 2.24) is 10.2 Å². The van der Waals surface area contributed by atoms with Gasteiger partial charge in [0.05, 0.1) is 25.8 Å². The minimum Gasteiger partial charge on any atom is -0.497 e. The lowest BCUT2D eigenvalue weighted by Gasteiger charge is -2.37. The van der Waals surface area contributed by atoms with Gasteiger partial charge in [-0.2, -0.15) is 0 Å². The SMILES string of the molecule is COc1ccc(C(=O)N[C@@H]2COc3cccc(N4CCN(C)CC4)c3C2)c(OC)c1. The third kappa shape index (κ3) is 4.16. The Bertz CT molecular complexity index is 909. The molecule has 7 heteroatoms. The molecule has 0 aromatic heterocycles. The number of likely N-dealkylation sites (N-methyl/N-ethyl adjacent to an activating group) is 1. The molecule has 0 radical (unpaired) electrons. The quantitative estimate of drug-likeness (QED) is 0.814. The van der Waals surface area contributed by atoms with Gasteiger partial charge in [0, 0.05) is 49.9 Å². The number of anilines is 1. The Kier molecular flexibility index (Phi) is 5.99. The molecule has 160 valence electrons. The Morgan fingerprint density at radius 1 is 1.10 bits per heavy atom. The number of piperazine rings is 1. The molecule has 2 heterocycles. The van der Waals surface area contributed by atoms with Gasteiger partial charge in [0.15, 0.2) is 0 Å². The van der Waals surface area contributed by atoms with Crippen molar-refractivity contribution in [2.45, 2.75) is 12.5 Å². The summed E-state index contributed by atoms with van der Waals surface area (Å²) in [6.07, 6.45) is 0.738. The molecule has 1 amide bonds. The number of amides is 1. The van der Waals surface area contributed by atoms with Crippen LogP contribution in [0.2, 0.25) is 0 Å². The van der Waals surface area contributed by atoms with E-state index in [9.17, 15) is 4.79 Å². The van der Waals surface area contributed by atoms with E-state index in [4.69, 9.17) is 14.2 Å². The zero-order chi connectivity index (χ0) is 21.1. The Hall–Kier alpha value is -2.93. The van der Waals surface area contributed by atoms with Crippen LogP contribution in [0.25, 0.3) is 0 Å². The molecule has 4 rings (SSSR count). The molecular weight excluding hydrogens is 382 g/mol. The van der Waals surface area contributed by atoms with Gasteiger partial charge in [-0.1, -0.05) is 6.07 Å². The fraction of sp³-hybridized carbons (Fsp3) is 0.435. The Morgan fingerprint density at radius 2 is 1.90 bits per heavy atom. The van der Waals surface area contributed by atoms with Crippen LogP contribution in [0.4, 0.5) is 5.69 Å². The normalized spacial score (nSPS) is 18.9. The second kappa shape index (κ2) is 8.83. The number of rotatable bonds is 5. The molecule has 0 unspecified atom stereocenters. The third-order valence-electron chi connectivity index (χ3n) is 5.83. The molecule has 1 atom stereocenters. The van der Waals surface area contributed by atoms with Crippen molar-refractivity contribution < 1.29 is 19.0 Å². The maximum atomic E-state index is 12.9. The number of nitrogens with zero attached hydrogens (tertiary/aromatic N) is 2. The number of benzene rings is 2. The Balaban J connectivity index is 1.50. The van der Waals surface area contributed by atoms with Crippen molar-refractivity contribution >= 4 is 11.6 Å². The third-order valence-corrected chi connectivity index (χ3v) is 5.83. The fourth-order valence-corrected chi connectivity index (χ4v) is 4.08. The van der Waals surface area contributed by atoms with Gasteiger partial charge < -0.3 is 29.3 Å². The van der Waals surface area contributed by atoms with Crippen LogP contribution in [0.5, 0.6) is 17.2 Å². The fourth-order valence-electron chi connectivity index (χ4n) is 4.08. The first-order chi connectivity index (χ1) is 14.6. The summed E-state index contributed by atoms with van der Waals surface area (Å²) in [7, 11) is 5.29. The minimum absolute atomic E-state index is 0.106. The predicted octanol–water partition coefficient (Wildman–Crippen LogP) is 2.19. The Morgan fingerprint density at radius 3 is 2.63 bits per heavy atom. The highest BCUT2D eigenvalue weighted by Gasteiger charge is 2.27. The molecule has 2 aromatic carbocycles. The maximum absolute atomic E-state index is 12.9. The topological polar surface area (TPSA) is 63.3 Å². The largest absolute Gasteiger partial charge is 0.497 e. The summed E-state index contributed by atoms with van der Waals surface area (Å²) in [4.78, 5) is 17.7. The predicted molar refractivity (Wildman–Crippen MR) is 116 cm³/mol.